The SMILES string of the molecule is Cc1cccc(OCCNC(=O)c2ccc(NS(=O)(=O)c3ccccc3)cc2Cl)c1. The van der Waals surface area contributed by atoms with Crippen molar-refractivity contribution in [3.05, 3.63) is 88.9 Å². The smallest absolute Gasteiger partial charge is 0.261 e. The second kappa shape index (κ2) is 9.65. The highest BCUT2D eigenvalue weighted by molar-refractivity contribution is 7.92. The van der Waals surface area contributed by atoms with E-state index in [1.807, 2.05) is 31.2 Å². The fourth-order valence-corrected chi connectivity index (χ4v) is 4.05. The summed E-state index contributed by atoms with van der Waals surface area (Å²) in [6.07, 6.45) is 0. The van der Waals surface area contributed by atoms with Gasteiger partial charge in [-0.3, -0.25) is 9.52 Å². The van der Waals surface area contributed by atoms with Crippen molar-refractivity contribution in [3.63, 3.8) is 0 Å². The van der Waals surface area contributed by atoms with Crippen LogP contribution in [0.4, 0.5) is 5.69 Å². The molecule has 0 aliphatic rings. The Kier molecular flexibility index (Phi) is 6.97. The largest absolute Gasteiger partial charge is 0.492 e. The van der Waals surface area contributed by atoms with E-state index in [4.69, 9.17) is 16.3 Å². The molecule has 30 heavy (non-hydrogen) atoms. The molecule has 156 valence electrons. The maximum absolute atomic E-state index is 12.4. The number of hydrogen-bond acceptors (Lipinski definition) is 4. The molecule has 3 aromatic carbocycles. The first kappa shape index (κ1) is 21.7. The van der Waals surface area contributed by atoms with Gasteiger partial charge in [0.05, 0.1) is 27.7 Å². The van der Waals surface area contributed by atoms with E-state index in [9.17, 15) is 13.2 Å². The molecule has 0 saturated carbocycles. The second-order valence-electron chi connectivity index (χ2n) is 6.53. The number of sulfonamides is 1. The Balaban J connectivity index is 1.57. The van der Waals surface area contributed by atoms with E-state index in [0.29, 0.717) is 13.2 Å². The molecule has 0 spiro atoms. The average Bonchev–Trinajstić information content (AvgIpc) is 2.71. The lowest BCUT2D eigenvalue weighted by atomic mass is 10.2. The average molecular weight is 445 g/mol. The van der Waals surface area contributed by atoms with Crippen molar-refractivity contribution < 1.29 is 17.9 Å². The first-order chi connectivity index (χ1) is 14.3. The molecule has 0 aliphatic heterocycles. The zero-order valence-electron chi connectivity index (χ0n) is 16.3. The normalized spacial score (nSPS) is 11.0. The van der Waals surface area contributed by atoms with E-state index < -0.39 is 10.0 Å². The number of anilines is 1. The molecule has 0 aliphatic carbocycles. The predicted molar refractivity (Wildman–Crippen MR) is 118 cm³/mol. The number of amides is 1. The lowest BCUT2D eigenvalue weighted by molar-refractivity contribution is 0.0947. The van der Waals surface area contributed by atoms with Crippen LogP contribution in [0, 0.1) is 6.92 Å². The molecule has 0 radical (unpaired) electrons. The van der Waals surface area contributed by atoms with Crippen LogP contribution in [0.5, 0.6) is 5.75 Å². The van der Waals surface area contributed by atoms with Crippen molar-refractivity contribution in [1.29, 1.82) is 0 Å². The van der Waals surface area contributed by atoms with Crippen LogP contribution >= 0.6 is 11.6 Å². The van der Waals surface area contributed by atoms with Gasteiger partial charge >= 0.3 is 0 Å². The van der Waals surface area contributed by atoms with Crippen LogP contribution in [-0.4, -0.2) is 27.5 Å². The Hall–Kier alpha value is -3.03. The summed E-state index contributed by atoms with van der Waals surface area (Å²) in [5.74, 6) is 0.364. The van der Waals surface area contributed by atoms with Gasteiger partial charge in [0.2, 0.25) is 0 Å². The van der Waals surface area contributed by atoms with Gasteiger partial charge in [-0.05, 0) is 55.0 Å². The third kappa shape index (κ3) is 5.75. The zero-order chi connectivity index (χ0) is 21.6. The van der Waals surface area contributed by atoms with Crippen LogP contribution < -0.4 is 14.8 Å². The first-order valence-electron chi connectivity index (χ1n) is 9.20. The van der Waals surface area contributed by atoms with Gasteiger partial charge in [0.1, 0.15) is 12.4 Å². The minimum Gasteiger partial charge on any atom is -0.492 e. The van der Waals surface area contributed by atoms with E-state index in [2.05, 4.69) is 10.0 Å². The highest BCUT2D eigenvalue weighted by Crippen LogP contribution is 2.23. The second-order valence-corrected chi connectivity index (χ2v) is 8.62. The van der Waals surface area contributed by atoms with E-state index in [1.165, 1.54) is 30.3 Å². The monoisotopic (exact) mass is 444 g/mol. The van der Waals surface area contributed by atoms with E-state index in [-0.39, 0.29) is 27.1 Å². The summed E-state index contributed by atoms with van der Waals surface area (Å²) in [6, 6.07) is 20.0. The number of hydrogen-bond donors (Lipinski definition) is 2. The van der Waals surface area contributed by atoms with Gasteiger partial charge in [-0.2, -0.15) is 0 Å². The van der Waals surface area contributed by atoms with Crippen molar-refractivity contribution in [3.8, 4) is 5.75 Å². The standard InChI is InChI=1S/C22H21ClN2O4S/c1-16-6-5-7-18(14-16)29-13-12-24-22(26)20-11-10-17(15-21(20)23)25-30(27,28)19-8-3-2-4-9-19/h2-11,14-15,25H,12-13H2,1H3,(H,24,26). The summed E-state index contributed by atoms with van der Waals surface area (Å²) < 4.78 is 32.8. The molecule has 0 heterocycles. The highest BCUT2D eigenvalue weighted by Gasteiger charge is 2.16. The van der Waals surface area contributed by atoms with E-state index in [1.54, 1.807) is 18.2 Å². The van der Waals surface area contributed by atoms with Crippen molar-refractivity contribution in [1.82, 2.24) is 5.32 Å². The summed E-state index contributed by atoms with van der Waals surface area (Å²) in [7, 11) is -3.74. The Labute approximate surface area is 180 Å². The first-order valence-corrected chi connectivity index (χ1v) is 11.1. The Morgan fingerprint density at radius 3 is 2.47 bits per heavy atom. The fourth-order valence-electron chi connectivity index (χ4n) is 2.71. The van der Waals surface area contributed by atoms with Crippen LogP contribution in [0.1, 0.15) is 15.9 Å². The molecular formula is C22H21ClN2O4S. The number of halogens is 1. The Bertz CT molecular complexity index is 1130. The molecule has 0 unspecified atom stereocenters. The molecule has 0 bridgehead atoms. The molecule has 3 rings (SSSR count). The van der Waals surface area contributed by atoms with E-state index >= 15 is 0 Å². The highest BCUT2D eigenvalue weighted by atomic mass is 35.5. The maximum atomic E-state index is 12.4. The number of carbonyl (C=O) groups is 1. The van der Waals surface area contributed by atoms with Crippen molar-refractivity contribution in [2.75, 3.05) is 17.9 Å². The number of aryl methyl sites for hydroxylation is 1. The maximum Gasteiger partial charge on any atom is 0.261 e. The molecule has 3 aromatic rings. The van der Waals surface area contributed by atoms with Crippen molar-refractivity contribution in [2.45, 2.75) is 11.8 Å². The zero-order valence-corrected chi connectivity index (χ0v) is 17.8. The summed E-state index contributed by atoms with van der Waals surface area (Å²) in [6.45, 7) is 2.58. The predicted octanol–water partition coefficient (Wildman–Crippen LogP) is 4.26. The number of benzene rings is 3. The number of carbonyl (C=O) groups excluding carboxylic acids is 1. The van der Waals surface area contributed by atoms with Gasteiger partial charge < -0.3 is 10.1 Å². The molecule has 0 atom stereocenters. The molecule has 8 heteroatoms. The topological polar surface area (TPSA) is 84.5 Å². The molecule has 0 fully saturated rings. The summed E-state index contributed by atoms with van der Waals surface area (Å²) in [5.41, 5.74) is 1.60. The van der Waals surface area contributed by atoms with Gasteiger partial charge in [-0.15, -0.1) is 0 Å². The lowest BCUT2D eigenvalue weighted by Crippen LogP contribution is -2.28. The molecule has 2 N–H and O–H groups in total. The third-order valence-corrected chi connectivity index (χ3v) is 5.88. The fraction of sp³-hybridized carbons (Fsp3) is 0.136. The minimum atomic E-state index is -3.74. The van der Waals surface area contributed by atoms with Gasteiger partial charge in [-0.1, -0.05) is 41.9 Å². The minimum absolute atomic E-state index is 0.136. The molecule has 0 aromatic heterocycles. The van der Waals surface area contributed by atoms with Gasteiger partial charge in [0, 0.05) is 0 Å². The number of ether oxygens (including phenoxy) is 1. The molecular weight excluding hydrogens is 424 g/mol. The summed E-state index contributed by atoms with van der Waals surface area (Å²) in [4.78, 5) is 12.5. The quantitative estimate of drug-likeness (QED) is 0.508. The van der Waals surface area contributed by atoms with Crippen LogP contribution in [0.2, 0.25) is 5.02 Å². The Morgan fingerprint density at radius 1 is 1.00 bits per heavy atom. The summed E-state index contributed by atoms with van der Waals surface area (Å²) in [5, 5.41) is 2.87. The van der Waals surface area contributed by atoms with Crippen LogP contribution in [0.3, 0.4) is 0 Å². The van der Waals surface area contributed by atoms with Crippen LogP contribution in [0.25, 0.3) is 0 Å². The molecule has 6 nitrogen and oxygen atoms in total. The molecule has 1 amide bonds. The number of rotatable bonds is 8. The van der Waals surface area contributed by atoms with Gasteiger partial charge in [-0.25, -0.2) is 8.42 Å². The lowest BCUT2D eigenvalue weighted by Gasteiger charge is -2.11. The van der Waals surface area contributed by atoms with Crippen LogP contribution in [0.15, 0.2) is 77.7 Å². The van der Waals surface area contributed by atoms with Gasteiger partial charge in [0.15, 0.2) is 0 Å². The summed E-state index contributed by atoms with van der Waals surface area (Å²) >= 11 is 6.20. The number of nitrogens with one attached hydrogen (secondary N) is 2. The van der Waals surface area contributed by atoms with Crippen LogP contribution in [-0.2, 0) is 10.0 Å². The Morgan fingerprint density at radius 2 is 1.77 bits per heavy atom. The van der Waals surface area contributed by atoms with Gasteiger partial charge in [0.25, 0.3) is 15.9 Å². The van der Waals surface area contributed by atoms with E-state index in [0.717, 1.165) is 11.3 Å². The van der Waals surface area contributed by atoms with Crippen molar-refractivity contribution in [2.24, 2.45) is 0 Å². The van der Waals surface area contributed by atoms with Crippen molar-refractivity contribution >= 4 is 33.2 Å². The third-order valence-electron chi connectivity index (χ3n) is 4.17. The molecule has 0 saturated heterocycles.